The van der Waals surface area contributed by atoms with Crippen LogP contribution < -0.4 is 4.74 Å². The molecule has 0 aliphatic heterocycles. The summed E-state index contributed by atoms with van der Waals surface area (Å²) in [4.78, 5) is 11.0. The van der Waals surface area contributed by atoms with E-state index in [1.54, 1.807) is 0 Å². The molecule has 2 rings (SSSR count). The minimum absolute atomic E-state index is 0.0212. The maximum atomic E-state index is 13.5. The van der Waals surface area contributed by atoms with Crippen LogP contribution in [0.2, 0.25) is 5.02 Å². The van der Waals surface area contributed by atoms with E-state index in [1.807, 2.05) is 0 Å². The number of benzene rings is 1. The zero-order valence-corrected chi connectivity index (χ0v) is 11.1. The molecule has 0 radical (unpaired) electrons. The molecule has 0 amide bonds. The van der Waals surface area contributed by atoms with Crippen LogP contribution in [0.25, 0.3) is 0 Å². The Morgan fingerprint density at radius 1 is 1.58 bits per heavy atom. The standard InChI is InChI=1S/C13H14ClFO4/c1-18-6-12(13(16)17)19-11-5-10(15)9(14)4-8(11)7-2-3-7/h4-5,7,12H,2-3,6H2,1H3,(H,16,17)/t12-/m0/s1. The predicted molar refractivity (Wildman–Crippen MR) is 67.3 cm³/mol. The highest BCUT2D eigenvalue weighted by molar-refractivity contribution is 6.30. The summed E-state index contributed by atoms with van der Waals surface area (Å²) in [6, 6.07) is 2.65. The highest BCUT2D eigenvalue weighted by Crippen LogP contribution is 2.45. The van der Waals surface area contributed by atoms with Gasteiger partial charge < -0.3 is 14.6 Å². The topological polar surface area (TPSA) is 55.8 Å². The molecule has 104 valence electrons. The lowest BCUT2D eigenvalue weighted by Crippen LogP contribution is -2.32. The molecule has 1 aromatic carbocycles. The summed E-state index contributed by atoms with van der Waals surface area (Å²) in [5.41, 5.74) is 0.758. The van der Waals surface area contributed by atoms with Crippen molar-refractivity contribution in [3.05, 3.63) is 28.5 Å². The van der Waals surface area contributed by atoms with Crippen molar-refractivity contribution in [3.63, 3.8) is 0 Å². The maximum Gasteiger partial charge on any atom is 0.347 e. The van der Waals surface area contributed by atoms with Crippen LogP contribution in [0, 0.1) is 5.82 Å². The fraction of sp³-hybridized carbons (Fsp3) is 0.462. The van der Waals surface area contributed by atoms with Crippen LogP contribution in [-0.2, 0) is 9.53 Å². The van der Waals surface area contributed by atoms with Crippen LogP contribution in [0.1, 0.15) is 24.3 Å². The van der Waals surface area contributed by atoms with Crippen molar-refractivity contribution in [1.29, 1.82) is 0 Å². The minimum atomic E-state index is -1.16. The molecule has 6 heteroatoms. The minimum Gasteiger partial charge on any atom is -0.478 e. The number of carboxylic acids is 1. The largest absolute Gasteiger partial charge is 0.478 e. The van der Waals surface area contributed by atoms with Crippen LogP contribution in [0.15, 0.2) is 12.1 Å². The second kappa shape index (κ2) is 5.75. The SMILES string of the molecule is COC[C@H](Oc1cc(F)c(Cl)cc1C1CC1)C(=O)O. The highest BCUT2D eigenvalue weighted by Gasteiger charge is 2.30. The third-order valence-electron chi connectivity index (χ3n) is 2.93. The van der Waals surface area contributed by atoms with E-state index in [1.165, 1.54) is 13.2 Å². The van der Waals surface area contributed by atoms with Crippen LogP contribution in [-0.4, -0.2) is 30.9 Å². The summed E-state index contributed by atoms with van der Waals surface area (Å²) >= 11 is 5.75. The molecule has 0 bridgehead atoms. The van der Waals surface area contributed by atoms with Crippen molar-refractivity contribution < 1.29 is 23.8 Å². The van der Waals surface area contributed by atoms with Gasteiger partial charge in [-0.2, -0.15) is 0 Å². The normalized spacial score (nSPS) is 16.2. The average Bonchev–Trinajstić information content (AvgIpc) is 3.16. The van der Waals surface area contributed by atoms with Gasteiger partial charge in [0.15, 0.2) is 0 Å². The fourth-order valence-corrected chi connectivity index (χ4v) is 1.99. The Hall–Kier alpha value is -1.33. The summed E-state index contributed by atoms with van der Waals surface area (Å²) in [5, 5.41) is 9.03. The predicted octanol–water partition coefficient (Wildman–Crippen LogP) is 2.83. The number of carboxylic acid groups (broad SMARTS) is 1. The number of halogens is 2. The quantitative estimate of drug-likeness (QED) is 0.874. The Morgan fingerprint density at radius 3 is 2.79 bits per heavy atom. The smallest absolute Gasteiger partial charge is 0.347 e. The Bertz CT molecular complexity index is 488. The second-order valence-electron chi connectivity index (χ2n) is 4.48. The lowest BCUT2D eigenvalue weighted by molar-refractivity contribution is -0.147. The van der Waals surface area contributed by atoms with Crippen LogP contribution in [0.3, 0.4) is 0 Å². The van der Waals surface area contributed by atoms with Gasteiger partial charge >= 0.3 is 5.97 Å². The molecule has 1 aliphatic carbocycles. The summed E-state index contributed by atoms with van der Waals surface area (Å²) in [7, 11) is 1.38. The number of ether oxygens (including phenoxy) is 2. The van der Waals surface area contributed by atoms with Gasteiger partial charge in [-0.1, -0.05) is 11.6 Å². The molecular weight excluding hydrogens is 275 g/mol. The maximum absolute atomic E-state index is 13.5. The summed E-state index contributed by atoms with van der Waals surface area (Å²) < 4.78 is 23.6. The molecule has 0 heterocycles. The molecule has 1 aromatic rings. The van der Waals surface area contributed by atoms with E-state index in [0.29, 0.717) is 0 Å². The molecule has 1 N–H and O–H groups in total. The van der Waals surface area contributed by atoms with Crippen molar-refractivity contribution in [1.82, 2.24) is 0 Å². The summed E-state index contributed by atoms with van der Waals surface area (Å²) in [6.45, 7) is -0.107. The van der Waals surface area contributed by atoms with Gasteiger partial charge in [-0.15, -0.1) is 0 Å². The molecule has 0 saturated heterocycles. The van der Waals surface area contributed by atoms with E-state index in [2.05, 4.69) is 0 Å². The Labute approximate surface area is 115 Å². The molecule has 0 aromatic heterocycles. The summed E-state index contributed by atoms with van der Waals surface area (Å²) in [5.74, 6) is -1.28. The second-order valence-corrected chi connectivity index (χ2v) is 4.89. The van der Waals surface area contributed by atoms with Crippen LogP contribution >= 0.6 is 11.6 Å². The fourth-order valence-electron chi connectivity index (χ4n) is 1.82. The first kappa shape index (κ1) is 14.1. The number of hydrogen-bond acceptors (Lipinski definition) is 3. The molecule has 0 spiro atoms. The number of carbonyl (C=O) groups is 1. The van der Waals surface area contributed by atoms with Crippen molar-refractivity contribution in [2.24, 2.45) is 0 Å². The molecule has 19 heavy (non-hydrogen) atoms. The van der Waals surface area contributed by atoms with E-state index in [4.69, 9.17) is 26.2 Å². The highest BCUT2D eigenvalue weighted by atomic mass is 35.5. The average molecular weight is 289 g/mol. The lowest BCUT2D eigenvalue weighted by atomic mass is 10.1. The zero-order valence-electron chi connectivity index (χ0n) is 10.4. The van der Waals surface area contributed by atoms with Gasteiger partial charge in [0.05, 0.1) is 11.6 Å². The molecule has 0 unspecified atom stereocenters. The van der Waals surface area contributed by atoms with Crippen molar-refractivity contribution >= 4 is 17.6 Å². The zero-order chi connectivity index (χ0) is 14.0. The van der Waals surface area contributed by atoms with E-state index in [-0.39, 0.29) is 23.3 Å². The van der Waals surface area contributed by atoms with Gasteiger partial charge in [-0.3, -0.25) is 0 Å². The van der Waals surface area contributed by atoms with Gasteiger partial charge in [0.1, 0.15) is 11.6 Å². The summed E-state index contributed by atoms with van der Waals surface area (Å²) in [6.07, 6.45) is 0.781. The number of aliphatic carboxylic acids is 1. The van der Waals surface area contributed by atoms with Crippen molar-refractivity contribution in [3.8, 4) is 5.75 Å². The van der Waals surface area contributed by atoms with E-state index in [9.17, 15) is 9.18 Å². The molecule has 4 nitrogen and oxygen atoms in total. The number of hydrogen-bond donors (Lipinski definition) is 1. The molecule has 1 atom stereocenters. The van der Waals surface area contributed by atoms with Gasteiger partial charge in [0, 0.05) is 13.2 Å². The molecule has 1 aliphatic rings. The number of rotatable bonds is 6. The van der Waals surface area contributed by atoms with E-state index >= 15 is 0 Å². The van der Waals surface area contributed by atoms with Crippen LogP contribution in [0.4, 0.5) is 4.39 Å². The first-order valence-corrected chi connectivity index (χ1v) is 6.28. The molecule has 1 saturated carbocycles. The van der Waals surface area contributed by atoms with Crippen molar-refractivity contribution in [2.75, 3.05) is 13.7 Å². The van der Waals surface area contributed by atoms with Gasteiger partial charge in [0.25, 0.3) is 0 Å². The van der Waals surface area contributed by atoms with E-state index in [0.717, 1.165) is 24.5 Å². The van der Waals surface area contributed by atoms with Crippen LogP contribution in [0.5, 0.6) is 5.75 Å². The van der Waals surface area contributed by atoms with Gasteiger partial charge in [-0.05, 0) is 30.4 Å². The first-order chi connectivity index (χ1) is 9.02. The molecule has 1 fully saturated rings. The monoisotopic (exact) mass is 288 g/mol. The first-order valence-electron chi connectivity index (χ1n) is 5.90. The Kier molecular flexibility index (Phi) is 4.27. The van der Waals surface area contributed by atoms with E-state index < -0.39 is 17.9 Å². The Balaban J connectivity index is 2.27. The third kappa shape index (κ3) is 3.36. The Morgan fingerprint density at radius 2 is 2.26 bits per heavy atom. The van der Waals surface area contributed by atoms with Crippen molar-refractivity contribution in [2.45, 2.75) is 24.9 Å². The van der Waals surface area contributed by atoms with Gasteiger partial charge in [-0.25, -0.2) is 9.18 Å². The lowest BCUT2D eigenvalue weighted by Gasteiger charge is -2.17. The number of methoxy groups -OCH3 is 1. The van der Waals surface area contributed by atoms with Gasteiger partial charge in [0.2, 0.25) is 6.10 Å². The third-order valence-corrected chi connectivity index (χ3v) is 3.22. The molecular formula is C13H14ClFO4.